The van der Waals surface area contributed by atoms with Crippen LogP contribution in [0.2, 0.25) is 0 Å². The second-order valence-electron chi connectivity index (χ2n) is 12.7. The summed E-state index contributed by atoms with van der Waals surface area (Å²) in [5.74, 6) is -0.967. The first-order valence-electron chi connectivity index (χ1n) is 16.7. The van der Waals surface area contributed by atoms with Gasteiger partial charge in [-0.15, -0.1) is 0 Å². The lowest BCUT2D eigenvalue weighted by Gasteiger charge is -2.30. The van der Waals surface area contributed by atoms with Crippen LogP contribution in [0.15, 0.2) is 72.9 Å². The molecule has 10 nitrogen and oxygen atoms in total. The number of phenolic OH excluding ortho intramolecular Hbond substituents is 2. The lowest BCUT2D eigenvalue weighted by Crippen LogP contribution is -2.44. The Morgan fingerprint density at radius 1 is 0.939 bits per heavy atom. The number of benzene rings is 3. The Balaban J connectivity index is 1.11. The van der Waals surface area contributed by atoms with Gasteiger partial charge in [-0.05, 0) is 97.7 Å². The van der Waals surface area contributed by atoms with Crippen LogP contribution in [0.5, 0.6) is 23.1 Å². The van der Waals surface area contributed by atoms with Crippen molar-refractivity contribution in [1.82, 2.24) is 20.5 Å². The predicted octanol–water partition coefficient (Wildman–Crippen LogP) is 6.09. The molecular formula is C38H41FN4O6. The lowest BCUT2D eigenvalue weighted by molar-refractivity contribution is 0.0888. The summed E-state index contributed by atoms with van der Waals surface area (Å²) >= 11 is 0. The van der Waals surface area contributed by atoms with E-state index in [1.807, 2.05) is 24.3 Å². The molecule has 49 heavy (non-hydrogen) atoms. The molecule has 1 aliphatic heterocycles. The normalized spacial score (nSPS) is 18.3. The van der Waals surface area contributed by atoms with Crippen LogP contribution in [0.25, 0.3) is 11.1 Å². The monoisotopic (exact) mass is 668 g/mol. The van der Waals surface area contributed by atoms with Crippen molar-refractivity contribution in [3.63, 3.8) is 0 Å². The maximum atomic E-state index is 14.4. The molecule has 0 spiro atoms. The van der Waals surface area contributed by atoms with Crippen molar-refractivity contribution >= 4 is 11.8 Å². The van der Waals surface area contributed by atoms with E-state index in [0.29, 0.717) is 50.1 Å². The first-order chi connectivity index (χ1) is 23.7. The van der Waals surface area contributed by atoms with Gasteiger partial charge in [-0.1, -0.05) is 30.3 Å². The van der Waals surface area contributed by atoms with E-state index >= 15 is 0 Å². The van der Waals surface area contributed by atoms with Gasteiger partial charge in [-0.3, -0.25) is 14.5 Å². The number of carbonyl (C=O) groups is 2. The number of rotatable bonds is 9. The molecule has 256 valence electrons. The fourth-order valence-electron chi connectivity index (χ4n) is 6.55. The van der Waals surface area contributed by atoms with E-state index in [9.17, 15) is 24.2 Å². The van der Waals surface area contributed by atoms with Gasteiger partial charge in [0.2, 0.25) is 5.88 Å². The molecule has 2 amide bonds. The largest absolute Gasteiger partial charge is 0.508 e. The Bertz CT molecular complexity index is 1780. The number of nitrogens with zero attached hydrogens (tertiary/aromatic N) is 2. The Hall–Kier alpha value is -5.00. The molecule has 1 saturated carbocycles. The molecule has 2 fully saturated rings. The van der Waals surface area contributed by atoms with Crippen molar-refractivity contribution in [3.05, 3.63) is 101 Å². The number of carbonyl (C=O) groups excluding carboxylic acids is 2. The van der Waals surface area contributed by atoms with Crippen LogP contribution in [-0.2, 0) is 11.3 Å². The van der Waals surface area contributed by atoms with Gasteiger partial charge < -0.3 is 30.3 Å². The third-order valence-corrected chi connectivity index (χ3v) is 9.10. The van der Waals surface area contributed by atoms with E-state index < -0.39 is 11.7 Å². The molecule has 6 rings (SSSR count). The molecule has 1 aromatic heterocycles. The molecule has 4 N–H and O–H groups in total. The third kappa shape index (κ3) is 8.54. The highest BCUT2D eigenvalue weighted by molar-refractivity contribution is 5.98. The molecule has 3 aromatic carbocycles. The molecule has 1 saturated heterocycles. The predicted molar refractivity (Wildman–Crippen MR) is 182 cm³/mol. The molecule has 2 heterocycles. The van der Waals surface area contributed by atoms with Gasteiger partial charge >= 0.3 is 0 Å². The molecule has 0 bridgehead atoms. The Kier molecular flexibility index (Phi) is 10.7. The Morgan fingerprint density at radius 3 is 2.47 bits per heavy atom. The first-order valence-corrected chi connectivity index (χ1v) is 16.7. The number of hydrogen-bond acceptors (Lipinski definition) is 8. The lowest BCUT2D eigenvalue weighted by atomic mass is 9.90. The summed E-state index contributed by atoms with van der Waals surface area (Å²) in [7, 11) is 0. The zero-order valence-corrected chi connectivity index (χ0v) is 27.5. The summed E-state index contributed by atoms with van der Waals surface area (Å²) in [6, 6.07) is 18.4. The fraction of sp³-hybridized carbons (Fsp3) is 0.342. The van der Waals surface area contributed by atoms with Crippen molar-refractivity contribution in [2.75, 3.05) is 26.3 Å². The highest BCUT2D eigenvalue weighted by atomic mass is 19.1. The maximum absolute atomic E-state index is 14.4. The second-order valence-corrected chi connectivity index (χ2v) is 12.7. The average molecular weight is 669 g/mol. The summed E-state index contributed by atoms with van der Waals surface area (Å²) in [6.07, 6.45) is 4.43. The minimum Gasteiger partial charge on any atom is -0.508 e. The zero-order chi connectivity index (χ0) is 34.3. The number of ether oxygens (including phenoxy) is 2. The first kappa shape index (κ1) is 33.9. The van der Waals surface area contributed by atoms with Crippen molar-refractivity contribution in [3.8, 4) is 34.3 Å². The van der Waals surface area contributed by atoms with Gasteiger partial charge in [0.1, 0.15) is 28.6 Å². The number of aromatic nitrogens is 1. The van der Waals surface area contributed by atoms with E-state index in [0.717, 1.165) is 55.1 Å². The van der Waals surface area contributed by atoms with Crippen LogP contribution >= 0.6 is 0 Å². The number of nitrogens with one attached hydrogen (secondary N) is 2. The van der Waals surface area contributed by atoms with Gasteiger partial charge in [-0.25, -0.2) is 9.37 Å². The number of aromatic hydroxyl groups is 2. The summed E-state index contributed by atoms with van der Waals surface area (Å²) in [4.78, 5) is 32.7. The van der Waals surface area contributed by atoms with E-state index in [1.54, 1.807) is 37.3 Å². The van der Waals surface area contributed by atoms with Gasteiger partial charge in [0.15, 0.2) is 0 Å². The molecular weight excluding hydrogens is 627 g/mol. The number of amides is 2. The highest BCUT2D eigenvalue weighted by Gasteiger charge is 2.27. The van der Waals surface area contributed by atoms with Gasteiger partial charge in [0.25, 0.3) is 11.8 Å². The average Bonchev–Trinajstić information content (AvgIpc) is 3.35. The quantitative estimate of drug-likeness (QED) is 0.168. The number of pyridine rings is 1. The SMILES string of the molecule is Cc1cccc(O)c1C(=O)NC1CCC(NC(=O)c2cc(F)cnc2Oc2cccc(-c3ccc(O)cc3CN3CCCOCC3)c2)CC1. The summed E-state index contributed by atoms with van der Waals surface area (Å²) in [6.45, 7) is 5.53. The third-order valence-electron chi connectivity index (χ3n) is 9.10. The molecule has 0 atom stereocenters. The number of phenols is 2. The van der Waals surface area contributed by atoms with E-state index in [-0.39, 0.29) is 46.5 Å². The molecule has 2 aliphatic rings. The molecule has 1 aliphatic carbocycles. The van der Waals surface area contributed by atoms with Crippen LogP contribution in [0.4, 0.5) is 4.39 Å². The highest BCUT2D eigenvalue weighted by Crippen LogP contribution is 2.33. The minimum absolute atomic E-state index is 0.0227. The van der Waals surface area contributed by atoms with Crippen LogP contribution in [-0.4, -0.2) is 70.3 Å². The number of halogens is 1. The molecule has 11 heteroatoms. The summed E-state index contributed by atoms with van der Waals surface area (Å²) in [5, 5.41) is 26.4. The van der Waals surface area contributed by atoms with Crippen molar-refractivity contribution in [2.45, 2.75) is 57.7 Å². The van der Waals surface area contributed by atoms with E-state index in [1.165, 1.54) is 6.07 Å². The van der Waals surface area contributed by atoms with Crippen molar-refractivity contribution in [2.24, 2.45) is 0 Å². The standard InChI is InChI=1S/C38H41FN4O6/c1-24-5-2-8-34(45)35(24)37(47)42-29-11-9-28(10-12-29)41-36(46)33-21-27(39)22-40-38(33)49-31-7-3-6-25(20-31)32-14-13-30(44)19-26(32)23-43-15-4-17-48-18-16-43/h2-3,5-8,13-14,19-22,28-29,44-45H,4,9-12,15-18,23H2,1H3,(H,41,46)(H,42,47). The Labute approximate surface area is 284 Å². The van der Waals surface area contributed by atoms with Crippen molar-refractivity contribution < 1.29 is 33.7 Å². The van der Waals surface area contributed by atoms with E-state index in [2.05, 4.69) is 20.5 Å². The van der Waals surface area contributed by atoms with Crippen LogP contribution in [0.3, 0.4) is 0 Å². The van der Waals surface area contributed by atoms with Gasteiger partial charge in [0.05, 0.1) is 18.4 Å². The van der Waals surface area contributed by atoms with Crippen LogP contribution in [0.1, 0.15) is 63.9 Å². The summed E-state index contributed by atoms with van der Waals surface area (Å²) in [5.41, 5.74) is 3.68. The van der Waals surface area contributed by atoms with E-state index in [4.69, 9.17) is 9.47 Å². The zero-order valence-electron chi connectivity index (χ0n) is 27.5. The van der Waals surface area contributed by atoms with Crippen LogP contribution in [0, 0.1) is 12.7 Å². The van der Waals surface area contributed by atoms with Gasteiger partial charge in [-0.2, -0.15) is 0 Å². The topological polar surface area (TPSA) is 133 Å². The summed E-state index contributed by atoms with van der Waals surface area (Å²) < 4.78 is 26.1. The molecule has 0 radical (unpaired) electrons. The Morgan fingerprint density at radius 2 is 1.69 bits per heavy atom. The smallest absolute Gasteiger partial charge is 0.257 e. The number of hydrogen-bond donors (Lipinski definition) is 4. The fourth-order valence-corrected chi connectivity index (χ4v) is 6.55. The molecule has 4 aromatic rings. The van der Waals surface area contributed by atoms with Crippen molar-refractivity contribution in [1.29, 1.82) is 0 Å². The van der Waals surface area contributed by atoms with Gasteiger partial charge in [0, 0.05) is 38.3 Å². The maximum Gasteiger partial charge on any atom is 0.257 e. The number of aryl methyl sites for hydroxylation is 1. The minimum atomic E-state index is -0.662. The van der Waals surface area contributed by atoms with Crippen LogP contribution < -0.4 is 15.4 Å². The molecule has 0 unspecified atom stereocenters. The second kappa shape index (κ2) is 15.5.